The van der Waals surface area contributed by atoms with Crippen LogP contribution in [0.25, 0.3) is 0 Å². The molecule has 1 aliphatic heterocycles. The van der Waals surface area contributed by atoms with Crippen molar-refractivity contribution in [2.75, 3.05) is 26.3 Å². The first kappa shape index (κ1) is 15.4. The fourth-order valence-corrected chi connectivity index (χ4v) is 3.23. The van der Waals surface area contributed by atoms with Crippen molar-refractivity contribution in [3.05, 3.63) is 0 Å². The van der Waals surface area contributed by atoms with Crippen LogP contribution in [0.1, 0.15) is 32.1 Å². The molecule has 7 heteroatoms. The Hall–Kier alpha value is -0.980. The summed E-state index contributed by atoms with van der Waals surface area (Å²) in [5.74, 6) is 0.607. The number of hydrogen-bond acceptors (Lipinski definition) is 2. The van der Waals surface area contributed by atoms with Crippen LogP contribution in [0.15, 0.2) is 0 Å². The number of rotatable bonds is 4. The molecule has 1 aliphatic carbocycles. The number of fused-ring (bicyclic) bond motifs is 1. The smallest absolute Gasteiger partial charge is 0.370 e. The Morgan fingerprint density at radius 3 is 2.75 bits per heavy atom. The maximum absolute atomic E-state index is 12.0. The fourth-order valence-electron chi connectivity index (χ4n) is 3.23. The monoisotopic (exact) mass is 294 g/mol. The van der Waals surface area contributed by atoms with Gasteiger partial charge in [0.05, 0.1) is 6.61 Å². The van der Waals surface area contributed by atoms with Crippen molar-refractivity contribution >= 4 is 6.03 Å². The van der Waals surface area contributed by atoms with Gasteiger partial charge in [-0.25, -0.2) is 4.79 Å². The third-order valence-electron chi connectivity index (χ3n) is 4.04. The van der Waals surface area contributed by atoms with E-state index in [1.165, 1.54) is 12.8 Å². The molecule has 1 N–H and O–H groups in total. The summed E-state index contributed by atoms with van der Waals surface area (Å²) < 4.78 is 40.0. The van der Waals surface area contributed by atoms with E-state index in [2.05, 4.69) is 10.1 Å². The topological polar surface area (TPSA) is 41.6 Å². The summed E-state index contributed by atoms with van der Waals surface area (Å²) in [6.45, 7) is -0.524. The van der Waals surface area contributed by atoms with E-state index in [0.717, 1.165) is 25.8 Å². The largest absolute Gasteiger partial charge is 0.411 e. The highest BCUT2D eigenvalue weighted by Gasteiger charge is 2.37. The van der Waals surface area contributed by atoms with Crippen molar-refractivity contribution in [3.8, 4) is 0 Å². The lowest BCUT2D eigenvalue weighted by Gasteiger charge is -2.37. The highest BCUT2D eigenvalue weighted by molar-refractivity contribution is 5.74. The Balaban J connectivity index is 1.67. The number of carbonyl (C=O) groups is 1. The second kappa shape index (κ2) is 6.65. The van der Waals surface area contributed by atoms with Crippen LogP contribution in [0.5, 0.6) is 0 Å². The molecule has 1 saturated carbocycles. The summed E-state index contributed by atoms with van der Waals surface area (Å²) in [7, 11) is 0. The number of halogens is 3. The van der Waals surface area contributed by atoms with Crippen LogP contribution in [0.3, 0.4) is 0 Å². The minimum atomic E-state index is -4.31. The van der Waals surface area contributed by atoms with Gasteiger partial charge in [-0.1, -0.05) is 6.42 Å². The molecule has 0 aromatic rings. The van der Waals surface area contributed by atoms with Crippen LogP contribution < -0.4 is 5.32 Å². The van der Waals surface area contributed by atoms with Gasteiger partial charge in [0, 0.05) is 19.1 Å². The number of nitrogens with zero attached hydrogens (tertiary/aromatic N) is 1. The first-order valence-corrected chi connectivity index (χ1v) is 7.16. The van der Waals surface area contributed by atoms with E-state index in [-0.39, 0.29) is 19.2 Å². The van der Waals surface area contributed by atoms with Crippen LogP contribution in [-0.2, 0) is 4.74 Å². The lowest BCUT2D eigenvalue weighted by atomic mass is 9.92. The number of piperidine rings is 1. The molecule has 1 saturated heterocycles. The average Bonchev–Trinajstić information content (AvgIpc) is 2.84. The van der Waals surface area contributed by atoms with Crippen LogP contribution in [-0.4, -0.2) is 49.5 Å². The van der Waals surface area contributed by atoms with Gasteiger partial charge < -0.3 is 15.0 Å². The number of carbonyl (C=O) groups excluding carboxylic acids is 1. The van der Waals surface area contributed by atoms with E-state index < -0.39 is 12.8 Å². The molecule has 116 valence electrons. The van der Waals surface area contributed by atoms with Gasteiger partial charge in [-0.3, -0.25) is 0 Å². The molecule has 4 nitrogen and oxygen atoms in total. The minimum Gasteiger partial charge on any atom is -0.370 e. The highest BCUT2D eigenvalue weighted by atomic mass is 19.4. The number of hydrogen-bond donors (Lipinski definition) is 1. The van der Waals surface area contributed by atoms with Crippen molar-refractivity contribution in [1.29, 1.82) is 0 Å². The summed E-state index contributed by atoms with van der Waals surface area (Å²) in [6, 6.07) is 0.150. The molecule has 0 bridgehead atoms. The lowest BCUT2D eigenvalue weighted by Crippen LogP contribution is -2.51. The minimum absolute atomic E-state index is 0.114. The van der Waals surface area contributed by atoms with Gasteiger partial charge in [-0.15, -0.1) is 0 Å². The second-order valence-corrected chi connectivity index (χ2v) is 5.49. The van der Waals surface area contributed by atoms with E-state index >= 15 is 0 Å². The van der Waals surface area contributed by atoms with Gasteiger partial charge in [0.15, 0.2) is 0 Å². The summed E-state index contributed by atoms with van der Waals surface area (Å²) >= 11 is 0. The summed E-state index contributed by atoms with van der Waals surface area (Å²) in [5.41, 5.74) is 0. The Morgan fingerprint density at radius 1 is 1.25 bits per heavy atom. The second-order valence-electron chi connectivity index (χ2n) is 5.49. The maximum Gasteiger partial charge on any atom is 0.411 e. The molecule has 0 spiro atoms. The van der Waals surface area contributed by atoms with Crippen molar-refractivity contribution in [1.82, 2.24) is 10.2 Å². The SMILES string of the molecule is O=C(NCCOCC(F)(F)F)N1CCC[C@@H]2CCC[C@@H]21. The van der Waals surface area contributed by atoms with E-state index in [1.807, 2.05) is 4.90 Å². The molecular formula is C13H21F3N2O2. The van der Waals surface area contributed by atoms with Crippen LogP contribution in [0.2, 0.25) is 0 Å². The van der Waals surface area contributed by atoms with E-state index in [0.29, 0.717) is 12.0 Å². The maximum atomic E-state index is 12.0. The van der Waals surface area contributed by atoms with Gasteiger partial charge in [-0.05, 0) is 31.6 Å². The fraction of sp³-hybridized carbons (Fsp3) is 0.923. The first-order chi connectivity index (χ1) is 9.47. The first-order valence-electron chi connectivity index (χ1n) is 7.16. The molecule has 2 rings (SSSR count). The summed E-state index contributed by atoms with van der Waals surface area (Å²) in [6.07, 6.45) is 1.27. The van der Waals surface area contributed by atoms with Gasteiger partial charge in [-0.2, -0.15) is 13.2 Å². The van der Waals surface area contributed by atoms with Gasteiger partial charge in [0.25, 0.3) is 0 Å². The molecule has 20 heavy (non-hydrogen) atoms. The normalized spacial score (nSPS) is 26.4. The molecule has 2 atom stereocenters. The molecule has 1 heterocycles. The predicted molar refractivity (Wildman–Crippen MR) is 67.3 cm³/mol. The molecule has 0 radical (unpaired) electrons. The molecule has 2 amide bonds. The van der Waals surface area contributed by atoms with Gasteiger partial charge in [0.2, 0.25) is 0 Å². The zero-order chi connectivity index (χ0) is 14.6. The number of ether oxygens (including phenoxy) is 1. The van der Waals surface area contributed by atoms with Crippen LogP contribution in [0, 0.1) is 5.92 Å². The molecular weight excluding hydrogens is 273 g/mol. The third kappa shape index (κ3) is 4.26. The number of amides is 2. The number of likely N-dealkylation sites (tertiary alicyclic amines) is 1. The van der Waals surface area contributed by atoms with Crippen molar-refractivity contribution in [2.45, 2.75) is 44.3 Å². The van der Waals surface area contributed by atoms with E-state index in [1.54, 1.807) is 0 Å². The van der Waals surface area contributed by atoms with Crippen molar-refractivity contribution < 1.29 is 22.7 Å². The van der Waals surface area contributed by atoms with Crippen LogP contribution in [0.4, 0.5) is 18.0 Å². The molecule has 0 unspecified atom stereocenters. The molecule has 2 fully saturated rings. The van der Waals surface area contributed by atoms with Crippen LogP contribution >= 0.6 is 0 Å². The highest BCUT2D eigenvalue weighted by Crippen LogP contribution is 2.36. The zero-order valence-corrected chi connectivity index (χ0v) is 11.4. The molecule has 0 aromatic heterocycles. The van der Waals surface area contributed by atoms with Crippen molar-refractivity contribution in [3.63, 3.8) is 0 Å². The quantitative estimate of drug-likeness (QED) is 0.810. The number of nitrogens with one attached hydrogen (secondary N) is 1. The Kier molecular flexibility index (Phi) is 5.12. The Bertz CT molecular complexity index is 336. The lowest BCUT2D eigenvalue weighted by molar-refractivity contribution is -0.173. The third-order valence-corrected chi connectivity index (χ3v) is 4.04. The standard InChI is InChI=1S/C13H21F3N2O2/c14-13(15,16)9-20-8-6-17-12(19)18-7-2-4-10-3-1-5-11(10)18/h10-11H,1-9H2,(H,17,19)/t10-,11-/m0/s1. The van der Waals surface area contributed by atoms with Crippen molar-refractivity contribution in [2.24, 2.45) is 5.92 Å². The molecule has 2 aliphatic rings. The van der Waals surface area contributed by atoms with E-state index in [9.17, 15) is 18.0 Å². The number of urea groups is 1. The van der Waals surface area contributed by atoms with Gasteiger partial charge >= 0.3 is 12.2 Å². The summed E-state index contributed by atoms with van der Waals surface area (Å²) in [4.78, 5) is 13.9. The Morgan fingerprint density at radius 2 is 2.00 bits per heavy atom. The Labute approximate surface area is 116 Å². The summed E-state index contributed by atoms with van der Waals surface area (Å²) in [5, 5.41) is 2.65. The zero-order valence-electron chi connectivity index (χ0n) is 11.4. The van der Waals surface area contributed by atoms with E-state index in [4.69, 9.17) is 0 Å². The number of alkyl halides is 3. The predicted octanol–water partition coefficient (Wildman–Crippen LogP) is 2.54. The average molecular weight is 294 g/mol. The van der Waals surface area contributed by atoms with Gasteiger partial charge in [0.1, 0.15) is 6.61 Å². The molecule has 0 aromatic carbocycles.